The number of methoxy groups -OCH3 is 1. The standard InChI is InChI=1S/C15H16ClNO2/c1-18-15-7-2-11(9-17)8-12(15)10-19-14-5-3-13(16)4-6-14/h2-8H,9-10,17H2,1H3. The first-order valence-electron chi connectivity index (χ1n) is 5.97. The number of rotatable bonds is 5. The van der Waals surface area contributed by atoms with E-state index in [0.29, 0.717) is 18.2 Å². The molecule has 0 bridgehead atoms. The van der Waals surface area contributed by atoms with Crippen molar-refractivity contribution in [3.8, 4) is 11.5 Å². The third-order valence-corrected chi connectivity index (χ3v) is 3.04. The number of hydrogen-bond donors (Lipinski definition) is 1. The summed E-state index contributed by atoms with van der Waals surface area (Å²) in [5, 5.41) is 0.690. The minimum Gasteiger partial charge on any atom is -0.496 e. The van der Waals surface area contributed by atoms with Gasteiger partial charge in [-0.3, -0.25) is 0 Å². The lowest BCUT2D eigenvalue weighted by Gasteiger charge is -2.11. The van der Waals surface area contributed by atoms with Crippen molar-refractivity contribution in [1.29, 1.82) is 0 Å². The molecule has 0 aliphatic heterocycles. The zero-order valence-electron chi connectivity index (χ0n) is 10.7. The van der Waals surface area contributed by atoms with Gasteiger partial charge in [0.2, 0.25) is 0 Å². The van der Waals surface area contributed by atoms with Gasteiger partial charge < -0.3 is 15.2 Å². The molecule has 100 valence electrons. The van der Waals surface area contributed by atoms with Crippen molar-refractivity contribution in [1.82, 2.24) is 0 Å². The molecule has 0 heterocycles. The highest BCUT2D eigenvalue weighted by atomic mass is 35.5. The third kappa shape index (κ3) is 3.63. The molecule has 0 radical (unpaired) electrons. The second-order valence-electron chi connectivity index (χ2n) is 4.09. The number of hydrogen-bond acceptors (Lipinski definition) is 3. The van der Waals surface area contributed by atoms with Crippen LogP contribution in [-0.2, 0) is 13.2 Å². The molecule has 19 heavy (non-hydrogen) atoms. The van der Waals surface area contributed by atoms with E-state index in [1.165, 1.54) is 0 Å². The summed E-state index contributed by atoms with van der Waals surface area (Å²) in [6.45, 7) is 0.927. The average Bonchev–Trinajstić information content (AvgIpc) is 2.46. The summed E-state index contributed by atoms with van der Waals surface area (Å²) in [6, 6.07) is 13.1. The van der Waals surface area contributed by atoms with Crippen molar-refractivity contribution in [3.05, 3.63) is 58.6 Å². The third-order valence-electron chi connectivity index (χ3n) is 2.79. The van der Waals surface area contributed by atoms with Crippen LogP contribution >= 0.6 is 11.6 Å². The summed E-state index contributed by atoms with van der Waals surface area (Å²) in [6.07, 6.45) is 0. The molecule has 2 rings (SSSR count). The van der Waals surface area contributed by atoms with E-state index >= 15 is 0 Å². The minimum atomic E-state index is 0.429. The second kappa shape index (κ2) is 6.45. The molecular formula is C15H16ClNO2. The molecule has 0 fully saturated rings. The molecule has 2 N–H and O–H groups in total. The topological polar surface area (TPSA) is 44.5 Å². The molecule has 0 spiro atoms. The van der Waals surface area contributed by atoms with Crippen molar-refractivity contribution >= 4 is 11.6 Å². The molecule has 4 heteroatoms. The summed E-state index contributed by atoms with van der Waals surface area (Å²) in [5.74, 6) is 1.57. The first-order valence-corrected chi connectivity index (χ1v) is 6.35. The summed E-state index contributed by atoms with van der Waals surface area (Å²) in [5.41, 5.74) is 7.66. The Balaban J connectivity index is 2.11. The van der Waals surface area contributed by atoms with Gasteiger partial charge in [-0.25, -0.2) is 0 Å². The minimum absolute atomic E-state index is 0.429. The maximum atomic E-state index is 5.83. The molecule has 3 nitrogen and oxygen atoms in total. The molecule has 0 saturated heterocycles. The van der Waals surface area contributed by atoms with Crippen LogP contribution in [0.25, 0.3) is 0 Å². The summed E-state index contributed by atoms with van der Waals surface area (Å²) < 4.78 is 11.0. The number of nitrogens with two attached hydrogens (primary N) is 1. The van der Waals surface area contributed by atoms with Gasteiger partial charge in [0.1, 0.15) is 18.1 Å². The van der Waals surface area contributed by atoms with Crippen LogP contribution in [0, 0.1) is 0 Å². The highest BCUT2D eigenvalue weighted by Crippen LogP contribution is 2.23. The Labute approximate surface area is 117 Å². The molecule has 0 aliphatic carbocycles. The van der Waals surface area contributed by atoms with Gasteiger partial charge >= 0.3 is 0 Å². The lowest BCUT2D eigenvalue weighted by atomic mass is 10.1. The van der Waals surface area contributed by atoms with Gasteiger partial charge in [0.25, 0.3) is 0 Å². The summed E-state index contributed by atoms with van der Waals surface area (Å²) >= 11 is 5.83. The molecule has 0 amide bonds. The lowest BCUT2D eigenvalue weighted by Crippen LogP contribution is -2.02. The fraction of sp³-hybridized carbons (Fsp3) is 0.200. The van der Waals surface area contributed by atoms with Gasteiger partial charge in [-0.15, -0.1) is 0 Å². The second-order valence-corrected chi connectivity index (χ2v) is 4.53. The van der Waals surface area contributed by atoms with E-state index < -0.39 is 0 Å². The maximum absolute atomic E-state index is 5.83. The lowest BCUT2D eigenvalue weighted by molar-refractivity contribution is 0.296. The fourth-order valence-electron chi connectivity index (χ4n) is 1.76. The van der Waals surface area contributed by atoms with Crippen molar-refractivity contribution in [2.45, 2.75) is 13.2 Å². The Hall–Kier alpha value is -1.71. The number of benzene rings is 2. The van der Waals surface area contributed by atoms with E-state index in [-0.39, 0.29) is 0 Å². The summed E-state index contributed by atoms with van der Waals surface area (Å²) in [7, 11) is 1.64. The number of halogens is 1. The van der Waals surface area contributed by atoms with Gasteiger partial charge in [0, 0.05) is 17.1 Å². The van der Waals surface area contributed by atoms with E-state index in [2.05, 4.69) is 0 Å². The van der Waals surface area contributed by atoms with E-state index in [9.17, 15) is 0 Å². The van der Waals surface area contributed by atoms with Gasteiger partial charge in [0.15, 0.2) is 0 Å². The van der Waals surface area contributed by atoms with Gasteiger partial charge in [-0.1, -0.05) is 17.7 Å². The van der Waals surface area contributed by atoms with Crippen LogP contribution < -0.4 is 15.2 Å². The summed E-state index contributed by atoms with van der Waals surface area (Å²) in [4.78, 5) is 0. The van der Waals surface area contributed by atoms with Gasteiger partial charge in [-0.05, 0) is 42.0 Å². The predicted octanol–water partition coefficient (Wildman–Crippen LogP) is 3.39. The molecule has 0 aliphatic rings. The Morgan fingerprint density at radius 2 is 1.84 bits per heavy atom. The first-order chi connectivity index (χ1) is 9.22. The predicted molar refractivity (Wildman–Crippen MR) is 76.7 cm³/mol. The first kappa shape index (κ1) is 13.7. The van der Waals surface area contributed by atoms with Crippen molar-refractivity contribution in [2.75, 3.05) is 7.11 Å². The Kier molecular flexibility index (Phi) is 4.66. The fourth-order valence-corrected chi connectivity index (χ4v) is 1.89. The smallest absolute Gasteiger partial charge is 0.125 e. The highest BCUT2D eigenvalue weighted by molar-refractivity contribution is 6.30. The normalized spacial score (nSPS) is 10.3. The van der Waals surface area contributed by atoms with Gasteiger partial charge in [0.05, 0.1) is 7.11 Å². The Morgan fingerprint density at radius 1 is 1.11 bits per heavy atom. The number of ether oxygens (including phenoxy) is 2. The largest absolute Gasteiger partial charge is 0.496 e. The SMILES string of the molecule is COc1ccc(CN)cc1COc1ccc(Cl)cc1. The molecule has 0 atom stereocenters. The van der Waals surface area contributed by atoms with E-state index in [1.54, 1.807) is 19.2 Å². The van der Waals surface area contributed by atoms with Crippen molar-refractivity contribution < 1.29 is 9.47 Å². The van der Waals surface area contributed by atoms with Crippen LogP contribution in [0.5, 0.6) is 11.5 Å². The van der Waals surface area contributed by atoms with Crippen LogP contribution in [0.1, 0.15) is 11.1 Å². The Morgan fingerprint density at radius 3 is 2.47 bits per heavy atom. The quantitative estimate of drug-likeness (QED) is 0.911. The van der Waals surface area contributed by atoms with E-state index in [4.69, 9.17) is 26.8 Å². The maximum Gasteiger partial charge on any atom is 0.125 e. The molecule has 0 unspecified atom stereocenters. The van der Waals surface area contributed by atoms with Crippen LogP contribution in [0.4, 0.5) is 0 Å². The van der Waals surface area contributed by atoms with Crippen LogP contribution in [0.2, 0.25) is 5.02 Å². The average molecular weight is 278 g/mol. The zero-order chi connectivity index (χ0) is 13.7. The molecule has 0 aromatic heterocycles. The van der Waals surface area contributed by atoms with Gasteiger partial charge in [-0.2, -0.15) is 0 Å². The Bertz CT molecular complexity index is 540. The zero-order valence-corrected chi connectivity index (χ0v) is 11.5. The van der Waals surface area contributed by atoms with Crippen LogP contribution in [-0.4, -0.2) is 7.11 Å². The van der Waals surface area contributed by atoms with E-state index in [0.717, 1.165) is 22.6 Å². The molecule has 2 aromatic carbocycles. The molecular weight excluding hydrogens is 262 g/mol. The van der Waals surface area contributed by atoms with Crippen molar-refractivity contribution in [2.24, 2.45) is 5.73 Å². The molecule has 0 saturated carbocycles. The van der Waals surface area contributed by atoms with Crippen LogP contribution in [0.15, 0.2) is 42.5 Å². The molecule has 2 aromatic rings. The van der Waals surface area contributed by atoms with Crippen LogP contribution in [0.3, 0.4) is 0 Å². The monoisotopic (exact) mass is 277 g/mol. The highest BCUT2D eigenvalue weighted by Gasteiger charge is 2.05. The van der Waals surface area contributed by atoms with E-state index in [1.807, 2.05) is 30.3 Å². The van der Waals surface area contributed by atoms with Crippen molar-refractivity contribution in [3.63, 3.8) is 0 Å².